The van der Waals surface area contributed by atoms with Gasteiger partial charge in [-0.25, -0.2) is 33.2 Å². The Morgan fingerprint density at radius 2 is 1.46 bits per heavy atom. The van der Waals surface area contributed by atoms with Crippen LogP contribution in [0.25, 0.3) is 22.3 Å². The summed E-state index contributed by atoms with van der Waals surface area (Å²) in [5.41, 5.74) is 6.79. The Morgan fingerprint density at radius 3 is 2.02 bits per heavy atom. The highest BCUT2D eigenvalue weighted by Crippen LogP contribution is 2.67. The van der Waals surface area contributed by atoms with Crippen LogP contribution in [0.15, 0.2) is 19.0 Å². The highest BCUT2D eigenvalue weighted by Gasteiger charge is 2.50. The van der Waals surface area contributed by atoms with Gasteiger partial charge in [-0.2, -0.15) is 18.2 Å². The smallest absolute Gasteiger partial charge is 0.387 e. The van der Waals surface area contributed by atoms with Crippen LogP contribution in [0.2, 0.25) is 0 Å². The van der Waals surface area contributed by atoms with E-state index < -0.39 is 85.8 Å². The maximum absolute atomic E-state index is 12.5. The largest absolute Gasteiger partial charge is 0.490 e. The third-order valence-electron chi connectivity index (χ3n) is 7.82. The number of nitrogen functional groups attached to an aromatic ring is 1. The molecule has 0 saturated carbocycles. The second-order valence-electron chi connectivity index (χ2n) is 11.3. The molecule has 2 fully saturated rings. The van der Waals surface area contributed by atoms with Gasteiger partial charge in [0, 0.05) is 7.05 Å². The number of fused-ring (bicyclic) bond motifs is 2. The van der Waals surface area contributed by atoms with E-state index in [9.17, 15) is 48.8 Å². The van der Waals surface area contributed by atoms with E-state index in [0.29, 0.717) is 16.9 Å². The number of anilines is 2. The number of aliphatic hydroxyl groups is 4. The number of rotatable bonds is 13. The maximum Gasteiger partial charge on any atom is 0.490 e. The van der Waals surface area contributed by atoms with Gasteiger partial charge in [0.1, 0.15) is 48.5 Å². The molecule has 11 N–H and O–H groups in total. The zero-order valence-electron chi connectivity index (χ0n) is 26.5. The SMILES string of the molecule is CNc1ncnc2c1ncn2[C@@H]1O[C@H](COP(=O)(O)OP(=O)(O)OP(=O)(O)OC[C@H]2O[C@@H](n3c[n+](C)c4c(=S)[nH]c(N)nc43)[C@@H](O)C2O)C(O)[C@@H]1O. The molecule has 30 heteroatoms. The molecule has 6 heterocycles. The number of nitrogens with two attached hydrogens (primary N) is 1. The van der Waals surface area contributed by atoms with E-state index >= 15 is 0 Å². The monoisotopic (exact) mass is 817 g/mol. The van der Waals surface area contributed by atoms with Crippen molar-refractivity contribution in [2.24, 2.45) is 7.05 Å². The minimum atomic E-state index is -5.95. The number of ether oxygens (including phenoxy) is 2. The van der Waals surface area contributed by atoms with E-state index in [1.54, 1.807) is 14.1 Å². The van der Waals surface area contributed by atoms with Gasteiger partial charge in [-0.15, -0.1) is 0 Å². The number of aliphatic hydroxyl groups excluding tert-OH is 4. The molecule has 0 spiro atoms. The predicted molar refractivity (Wildman–Crippen MR) is 171 cm³/mol. The summed E-state index contributed by atoms with van der Waals surface area (Å²) in [6.45, 7) is -2.03. The van der Waals surface area contributed by atoms with Crippen molar-refractivity contribution in [2.75, 3.05) is 31.3 Å². The summed E-state index contributed by atoms with van der Waals surface area (Å²) >= 11 is 5.26. The van der Waals surface area contributed by atoms with Gasteiger partial charge in [-0.1, -0.05) is 12.2 Å². The Labute approximate surface area is 295 Å². The fourth-order valence-corrected chi connectivity index (χ4v) is 9.39. The number of phosphoric acid groups is 3. The number of aryl methyl sites for hydroxylation is 1. The first kappa shape index (κ1) is 38.8. The lowest BCUT2D eigenvalue weighted by molar-refractivity contribution is -0.646. The molecule has 0 amide bonds. The molecule has 5 unspecified atom stereocenters. The van der Waals surface area contributed by atoms with Gasteiger partial charge >= 0.3 is 23.5 Å². The number of hydrogen-bond acceptors (Lipinski definition) is 20. The molecule has 26 nitrogen and oxygen atoms in total. The number of phosphoric ester groups is 2. The summed E-state index contributed by atoms with van der Waals surface area (Å²) in [7, 11) is -14.0. The van der Waals surface area contributed by atoms with Gasteiger partial charge in [0.25, 0.3) is 5.65 Å². The number of nitrogens with one attached hydrogen (secondary N) is 2. The van der Waals surface area contributed by atoms with E-state index in [-0.39, 0.29) is 21.9 Å². The molecular formula is C22H32N10O16P3S+. The number of aromatic nitrogens is 8. The Bertz CT molecular complexity index is 2190. The van der Waals surface area contributed by atoms with Crippen molar-refractivity contribution < 1.29 is 80.5 Å². The standard InChI is InChI=1S/C22H31N10O16P3S/c1-24-16-10-17(26-5-25-16)31(6-27-10)20-14(35)12(33)8(45-20)3-43-49(37,38)47-51(41,42)48-50(39,40)44-4-9-13(34)15(36)21(46-9)32-7-30(2)11-18(32)28-22(23)29-19(11)52/h5-9,12-15,20-21,33-36H,3-4H2,1-2H3,(H6-,23,24,25,26,28,29,37,38,39,40,41,42,52)/p+1/t8-,9-,12?,13?,14+,15+,20-,21-/m1/s1. The normalized spacial score (nSPS) is 30.0. The van der Waals surface area contributed by atoms with Crippen LogP contribution in [0.1, 0.15) is 12.5 Å². The Kier molecular flexibility index (Phi) is 10.7. The lowest BCUT2D eigenvalue weighted by Gasteiger charge is -2.21. The molecule has 0 radical (unpaired) electrons. The average molecular weight is 818 g/mol. The van der Waals surface area contributed by atoms with Gasteiger partial charge in [-0.3, -0.25) is 13.6 Å². The molecule has 0 aromatic carbocycles. The Balaban J connectivity index is 1.04. The van der Waals surface area contributed by atoms with Crippen LogP contribution in [0.3, 0.4) is 0 Å². The van der Waals surface area contributed by atoms with E-state index in [1.165, 1.54) is 32.7 Å². The quantitative estimate of drug-likeness (QED) is 0.0396. The molecular weight excluding hydrogens is 785 g/mol. The number of hydrogen-bond donors (Lipinski definition) is 10. The van der Waals surface area contributed by atoms with Gasteiger partial charge in [0.2, 0.25) is 24.0 Å². The number of nitrogens with zero attached hydrogens (tertiary/aromatic N) is 7. The third-order valence-corrected chi connectivity index (χ3v) is 12.4. The van der Waals surface area contributed by atoms with Gasteiger partial charge in [0.05, 0.1) is 26.6 Å². The predicted octanol–water partition coefficient (Wildman–Crippen LogP) is -2.01. The van der Waals surface area contributed by atoms with Crippen molar-refractivity contribution in [1.82, 2.24) is 34.1 Å². The average Bonchev–Trinajstić information content (AvgIpc) is 3.77. The molecule has 0 aliphatic carbocycles. The Morgan fingerprint density at radius 1 is 0.904 bits per heavy atom. The molecule has 2 aliphatic heterocycles. The van der Waals surface area contributed by atoms with Gasteiger partial charge in [0.15, 0.2) is 22.3 Å². The number of aromatic amines is 1. The second kappa shape index (κ2) is 14.4. The molecule has 0 bridgehead atoms. The Hall–Kier alpha value is -2.91. The van der Waals surface area contributed by atoms with Crippen molar-refractivity contribution >= 4 is 69.8 Å². The summed E-state index contributed by atoms with van der Waals surface area (Å²) in [6.07, 6.45) is -8.63. The first-order valence-electron chi connectivity index (χ1n) is 14.7. The minimum absolute atomic E-state index is 0.0620. The first-order chi connectivity index (χ1) is 24.3. The zero-order valence-corrected chi connectivity index (χ0v) is 30.0. The molecule has 4 aromatic heterocycles. The summed E-state index contributed by atoms with van der Waals surface area (Å²) in [5.74, 6) is 0.291. The summed E-state index contributed by atoms with van der Waals surface area (Å²) in [6, 6.07) is 0. The molecule has 4 aromatic rings. The molecule has 6 rings (SSSR count). The van der Waals surface area contributed by atoms with E-state index in [2.05, 4.69) is 47.9 Å². The van der Waals surface area contributed by atoms with Crippen molar-refractivity contribution in [3.8, 4) is 0 Å². The van der Waals surface area contributed by atoms with Crippen LogP contribution in [-0.4, -0.2) is 126 Å². The van der Waals surface area contributed by atoms with Crippen molar-refractivity contribution in [1.29, 1.82) is 0 Å². The van der Waals surface area contributed by atoms with Crippen LogP contribution in [0.4, 0.5) is 11.8 Å². The van der Waals surface area contributed by atoms with Crippen molar-refractivity contribution in [2.45, 2.75) is 49.1 Å². The van der Waals surface area contributed by atoms with Crippen LogP contribution >= 0.6 is 35.7 Å². The van der Waals surface area contributed by atoms with Crippen LogP contribution < -0.4 is 15.6 Å². The zero-order chi connectivity index (χ0) is 37.9. The topological polar surface area (TPSA) is 367 Å². The van der Waals surface area contributed by atoms with Gasteiger partial charge < -0.3 is 60.6 Å². The van der Waals surface area contributed by atoms with Crippen molar-refractivity contribution in [3.63, 3.8) is 0 Å². The van der Waals surface area contributed by atoms with Crippen molar-refractivity contribution in [3.05, 3.63) is 23.6 Å². The summed E-state index contributed by atoms with van der Waals surface area (Å²) in [4.78, 5) is 49.2. The fraction of sp³-hybridized carbons (Fsp3) is 0.545. The lowest BCUT2D eigenvalue weighted by Crippen LogP contribution is -2.34. The highest BCUT2D eigenvalue weighted by atomic mass is 32.1. The third kappa shape index (κ3) is 7.69. The van der Waals surface area contributed by atoms with E-state index in [0.717, 1.165) is 0 Å². The molecule has 2 saturated heterocycles. The highest BCUT2D eigenvalue weighted by molar-refractivity contribution is 7.71. The maximum atomic E-state index is 12.5. The second-order valence-corrected chi connectivity index (χ2v) is 16.3. The van der Waals surface area contributed by atoms with E-state index in [4.69, 9.17) is 27.4 Å². The van der Waals surface area contributed by atoms with Crippen LogP contribution in [-0.2, 0) is 47.9 Å². The fourth-order valence-electron chi connectivity index (χ4n) is 5.53. The van der Waals surface area contributed by atoms with Crippen LogP contribution in [0, 0.1) is 4.64 Å². The first-order valence-corrected chi connectivity index (χ1v) is 19.6. The van der Waals surface area contributed by atoms with E-state index in [1.807, 2.05) is 0 Å². The molecule has 2 aliphatic rings. The van der Waals surface area contributed by atoms with Gasteiger partial charge in [-0.05, 0) is 0 Å². The minimum Gasteiger partial charge on any atom is -0.387 e. The molecule has 286 valence electrons. The lowest BCUT2D eigenvalue weighted by atomic mass is 10.1. The summed E-state index contributed by atoms with van der Waals surface area (Å²) < 4.78 is 70.5. The summed E-state index contributed by atoms with van der Waals surface area (Å²) in [5, 5.41) is 45.1. The number of imidazole rings is 2. The molecule has 52 heavy (non-hydrogen) atoms. The van der Waals surface area contributed by atoms with Crippen LogP contribution in [0.5, 0.6) is 0 Å². The number of H-pyrrole nitrogens is 1. The molecule has 11 atom stereocenters.